The van der Waals surface area contributed by atoms with Crippen LogP contribution in [0.5, 0.6) is 0 Å². The van der Waals surface area contributed by atoms with E-state index in [4.69, 9.17) is 11.6 Å². The summed E-state index contributed by atoms with van der Waals surface area (Å²) in [5.41, 5.74) is 2.33. The van der Waals surface area contributed by atoms with Crippen LogP contribution in [0.4, 0.5) is 4.39 Å². The van der Waals surface area contributed by atoms with Gasteiger partial charge in [-0.2, -0.15) is 0 Å². The van der Waals surface area contributed by atoms with Crippen molar-refractivity contribution in [2.24, 2.45) is 0 Å². The third-order valence-electron chi connectivity index (χ3n) is 3.16. The summed E-state index contributed by atoms with van der Waals surface area (Å²) in [4.78, 5) is 4.19. The lowest BCUT2D eigenvalue weighted by molar-refractivity contribution is 0.628. The molecule has 0 aliphatic rings. The van der Waals surface area contributed by atoms with Crippen LogP contribution in [0.25, 0.3) is 17.0 Å². The molecular formula is C13H9BrClFN4. The molecule has 2 aromatic heterocycles. The third-order valence-corrected chi connectivity index (χ3v) is 4.07. The van der Waals surface area contributed by atoms with E-state index in [-0.39, 0.29) is 11.0 Å². The quantitative estimate of drug-likeness (QED) is 0.663. The van der Waals surface area contributed by atoms with Crippen molar-refractivity contribution in [1.29, 1.82) is 0 Å². The fourth-order valence-electron chi connectivity index (χ4n) is 2.05. The summed E-state index contributed by atoms with van der Waals surface area (Å²) in [6.45, 7) is 3.70. The first-order valence-electron chi connectivity index (χ1n) is 5.83. The van der Waals surface area contributed by atoms with Gasteiger partial charge < -0.3 is 0 Å². The fourth-order valence-corrected chi connectivity index (χ4v) is 2.82. The second kappa shape index (κ2) is 4.79. The molecule has 0 saturated carbocycles. The van der Waals surface area contributed by atoms with Crippen molar-refractivity contribution >= 4 is 33.2 Å². The van der Waals surface area contributed by atoms with E-state index >= 15 is 0 Å². The summed E-state index contributed by atoms with van der Waals surface area (Å²) in [5, 5.41) is 8.33. The summed E-state index contributed by atoms with van der Waals surface area (Å²) in [6.07, 6.45) is 0. The molecule has 0 unspecified atom stereocenters. The molecule has 0 fully saturated rings. The Morgan fingerprint density at radius 2 is 2.00 bits per heavy atom. The van der Waals surface area contributed by atoms with Gasteiger partial charge in [0.15, 0.2) is 16.6 Å². The number of benzene rings is 1. The molecule has 0 radical (unpaired) electrons. The maximum atomic E-state index is 14.1. The lowest BCUT2D eigenvalue weighted by atomic mass is 10.2. The van der Waals surface area contributed by atoms with E-state index < -0.39 is 0 Å². The largest absolute Gasteiger partial charge is 0.275 e. The van der Waals surface area contributed by atoms with Crippen LogP contribution in [0.3, 0.4) is 0 Å². The Hall–Kier alpha value is -1.53. The second-order valence-electron chi connectivity index (χ2n) is 4.35. The molecule has 0 spiro atoms. The van der Waals surface area contributed by atoms with E-state index in [1.165, 1.54) is 6.07 Å². The van der Waals surface area contributed by atoms with Crippen LogP contribution < -0.4 is 0 Å². The van der Waals surface area contributed by atoms with Gasteiger partial charge in [-0.15, -0.1) is 10.2 Å². The van der Waals surface area contributed by atoms with E-state index in [1.54, 1.807) is 16.5 Å². The van der Waals surface area contributed by atoms with Crippen LogP contribution in [-0.2, 0) is 0 Å². The summed E-state index contributed by atoms with van der Waals surface area (Å²) in [6, 6.07) is 4.76. The lowest BCUT2D eigenvalue weighted by Crippen LogP contribution is -2.02. The smallest absolute Gasteiger partial charge is 0.199 e. The molecule has 0 N–H and O–H groups in total. The Balaban J connectivity index is 2.45. The summed E-state index contributed by atoms with van der Waals surface area (Å²) >= 11 is 9.42. The first kappa shape index (κ1) is 13.5. The van der Waals surface area contributed by atoms with Crippen molar-refractivity contribution in [3.8, 4) is 11.4 Å². The van der Waals surface area contributed by atoms with Crippen molar-refractivity contribution < 1.29 is 4.39 Å². The first-order valence-corrected chi connectivity index (χ1v) is 7.00. The Labute approximate surface area is 127 Å². The molecule has 0 amide bonds. The zero-order valence-electron chi connectivity index (χ0n) is 10.7. The monoisotopic (exact) mass is 354 g/mol. The number of fused-ring (bicyclic) bond motifs is 1. The number of halogens is 3. The molecule has 0 atom stereocenters. The van der Waals surface area contributed by atoms with Gasteiger partial charge in [0, 0.05) is 10.2 Å². The van der Waals surface area contributed by atoms with Gasteiger partial charge in [-0.1, -0.05) is 17.7 Å². The van der Waals surface area contributed by atoms with Gasteiger partial charge in [-0.25, -0.2) is 9.37 Å². The molecule has 3 aromatic rings. The normalized spacial score (nSPS) is 11.2. The highest BCUT2D eigenvalue weighted by atomic mass is 79.9. The van der Waals surface area contributed by atoms with Crippen LogP contribution in [0.2, 0.25) is 5.15 Å². The minimum absolute atomic E-state index is 0.249. The van der Waals surface area contributed by atoms with Crippen molar-refractivity contribution in [3.05, 3.63) is 45.0 Å². The molecule has 3 rings (SSSR count). The Bertz CT molecular complexity index is 811. The summed E-state index contributed by atoms with van der Waals surface area (Å²) in [7, 11) is 0. The van der Waals surface area contributed by atoms with Gasteiger partial charge in [0.25, 0.3) is 0 Å². The SMILES string of the molecule is Cc1nc(Cl)c2nnc(-c3c(F)cccc3Br)n2c1C. The summed E-state index contributed by atoms with van der Waals surface area (Å²) in [5.74, 6) is 0.0218. The van der Waals surface area contributed by atoms with E-state index in [0.29, 0.717) is 21.5 Å². The van der Waals surface area contributed by atoms with E-state index in [1.807, 2.05) is 13.8 Å². The highest BCUT2D eigenvalue weighted by molar-refractivity contribution is 9.10. The van der Waals surface area contributed by atoms with E-state index in [0.717, 1.165) is 11.4 Å². The van der Waals surface area contributed by atoms with Gasteiger partial charge in [-0.05, 0) is 41.9 Å². The Kier molecular flexibility index (Phi) is 3.22. The Morgan fingerprint density at radius 1 is 1.25 bits per heavy atom. The highest BCUT2D eigenvalue weighted by Gasteiger charge is 2.19. The number of hydrogen-bond acceptors (Lipinski definition) is 3. The highest BCUT2D eigenvalue weighted by Crippen LogP contribution is 2.31. The van der Waals surface area contributed by atoms with Crippen molar-refractivity contribution in [2.75, 3.05) is 0 Å². The van der Waals surface area contributed by atoms with Crippen molar-refractivity contribution in [2.45, 2.75) is 13.8 Å². The fraction of sp³-hybridized carbons (Fsp3) is 0.154. The topological polar surface area (TPSA) is 43.1 Å². The number of nitrogens with zero attached hydrogens (tertiary/aromatic N) is 4. The van der Waals surface area contributed by atoms with Gasteiger partial charge in [0.1, 0.15) is 5.82 Å². The van der Waals surface area contributed by atoms with Gasteiger partial charge >= 0.3 is 0 Å². The number of aryl methyl sites for hydroxylation is 2. The predicted molar refractivity (Wildman–Crippen MR) is 78.4 cm³/mol. The molecule has 7 heteroatoms. The van der Waals surface area contributed by atoms with Crippen LogP contribution in [0.1, 0.15) is 11.4 Å². The maximum Gasteiger partial charge on any atom is 0.199 e. The Morgan fingerprint density at radius 3 is 2.70 bits per heavy atom. The van der Waals surface area contributed by atoms with Gasteiger partial charge in [-0.3, -0.25) is 4.40 Å². The molecule has 2 heterocycles. The van der Waals surface area contributed by atoms with E-state index in [2.05, 4.69) is 31.1 Å². The second-order valence-corrected chi connectivity index (χ2v) is 5.57. The maximum absolute atomic E-state index is 14.1. The average Bonchev–Trinajstić information content (AvgIpc) is 2.81. The molecule has 0 aliphatic heterocycles. The number of hydrogen-bond donors (Lipinski definition) is 0. The zero-order valence-corrected chi connectivity index (χ0v) is 13.0. The van der Waals surface area contributed by atoms with Gasteiger partial charge in [0.2, 0.25) is 0 Å². The first-order chi connectivity index (χ1) is 9.50. The molecule has 0 bridgehead atoms. The third kappa shape index (κ3) is 1.91. The van der Waals surface area contributed by atoms with Crippen LogP contribution in [0, 0.1) is 19.7 Å². The van der Waals surface area contributed by atoms with Gasteiger partial charge in [0.05, 0.1) is 11.3 Å². The minimum Gasteiger partial charge on any atom is -0.275 e. The number of rotatable bonds is 1. The predicted octanol–water partition coefficient (Wildman–Crippen LogP) is 3.96. The lowest BCUT2D eigenvalue weighted by Gasteiger charge is -2.09. The standard InChI is InChI=1S/C13H9BrClFN4/c1-6-7(2)20-12(18-19-13(20)11(15)17-6)10-8(14)4-3-5-9(10)16/h3-5H,1-2H3. The van der Waals surface area contributed by atoms with Crippen molar-refractivity contribution in [3.63, 3.8) is 0 Å². The molecular weight excluding hydrogens is 347 g/mol. The minimum atomic E-state index is -0.376. The molecule has 0 saturated heterocycles. The molecule has 20 heavy (non-hydrogen) atoms. The average molecular weight is 356 g/mol. The summed E-state index contributed by atoms with van der Waals surface area (Å²) < 4.78 is 16.4. The van der Waals surface area contributed by atoms with Crippen LogP contribution in [0.15, 0.2) is 22.7 Å². The van der Waals surface area contributed by atoms with Crippen LogP contribution in [-0.4, -0.2) is 19.6 Å². The molecule has 102 valence electrons. The molecule has 0 aliphatic carbocycles. The van der Waals surface area contributed by atoms with E-state index in [9.17, 15) is 4.39 Å². The van der Waals surface area contributed by atoms with Crippen LogP contribution >= 0.6 is 27.5 Å². The molecule has 1 aromatic carbocycles. The zero-order chi connectivity index (χ0) is 14.4. The van der Waals surface area contributed by atoms with Crippen molar-refractivity contribution in [1.82, 2.24) is 19.6 Å². The number of aromatic nitrogens is 4. The molecule has 4 nitrogen and oxygen atoms in total.